The first-order valence-electron chi connectivity index (χ1n) is 8.49. The number of carbonyl (C=O) groups is 1. The Kier molecular flexibility index (Phi) is 4.68. The van der Waals surface area contributed by atoms with Gasteiger partial charge in [0.1, 0.15) is 11.6 Å². The molecule has 4 nitrogen and oxygen atoms in total. The van der Waals surface area contributed by atoms with E-state index in [1.165, 1.54) is 30.6 Å². The van der Waals surface area contributed by atoms with E-state index in [0.29, 0.717) is 20.8 Å². The molecule has 4 rings (SSSR count). The van der Waals surface area contributed by atoms with Crippen LogP contribution >= 0.6 is 11.3 Å². The maximum Gasteiger partial charge on any atom is 0.283 e. The van der Waals surface area contributed by atoms with E-state index < -0.39 is 5.91 Å². The highest BCUT2D eigenvalue weighted by molar-refractivity contribution is 7.16. The molecule has 0 bridgehead atoms. The third-order valence-corrected chi connectivity index (χ3v) is 5.43. The lowest BCUT2D eigenvalue weighted by atomic mass is 10.1. The summed E-state index contributed by atoms with van der Waals surface area (Å²) in [6, 6.07) is 15.7. The Hall–Kier alpha value is -3.43. The Labute approximate surface area is 164 Å². The SMILES string of the molecule is C#CCn1c(=NC(=O)c2cc3ccccc3cc2OC)sc2cc(F)ccc21. The zero-order valence-corrected chi connectivity index (χ0v) is 15.8. The normalized spacial score (nSPS) is 11.7. The van der Waals surface area contributed by atoms with Gasteiger partial charge in [-0.15, -0.1) is 6.42 Å². The Balaban J connectivity index is 1.90. The molecule has 1 heterocycles. The topological polar surface area (TPSA) is 43.6 Å². The van der Waals surface area contributed by atoms with Gasteiger partial charge in [0.15, 0.2) is 4.80 Å². The molecule has 1 amide bonds. The van der Waals surface area contributed by atoms with Crippen LogP contribution in [0.3, 0.4) is 0 Å². The lowest BCUT2D eigenvalue weighted by Crippen LogP contribution is -2.16. The smallest absolute Gasteiger partial charge is 0.283 e. The molecule has 0 aliphatic heterocycles. The number of terminal acetylenes is 1. The average molecular weight is 390 g/mol. The van der Waals surface area contributed by atoms with Gasteiger partial charge in [0, 0.05) is 0 Å². The number of halogens is 1. The van der Waals surface area contributed by atoms with Gasteiger partial charge in [-0.25, -0.2) is 4.39 Å². The summed E-state index contributed by atoms with van der Waals surface area (Å²) < 4.78 is 21.4. The third kappa shape index (κ3) is 3.17. The number of ether oxygens (including phenoxy) is 1. The number of aromatic nitrogens is 1. The molecule has 4 aromatic rings. The van der Waals surface area contributed by atoms with Crippen molar-refractivity contribution in [1.82, 2.24) is 4.57 Å². The molecule has 0 unspecified atom stereocenters. The molecule has 0 saturated heterocycles. The number of hydrogen-bond donors (Lipinski definition) is 0. The van der Waals surface area contributed by atoms with E-state index in [1.807, 2.05) is 30.3 Å². The van der Waals surface area contributed by atoms with Crippen molar-refractivity contribution in [3.63, 3.8) is 0 Å². The minimum absolute atomic E-state index is 0.229. The highest BCUT2D eigenvalue weighted by atomic mass is 32.1. The fourth-order valence-corrected chi connectivity index (χ4v) is 4.13. The molecular weight excluding hydrogens is 375 g/mol. The van der Waals surface area contributed by atoms with E-state index in [9.17, 15) is 9.18 Å². The van der Waals surface area contributed by atoms with Crippen LogP contribution in [0.15, 0.2) is 59.6 Å². The summed E-state index contributed by atoms with van der Waals surface area (Å²) in [7, 11) is 1.52. The molecule has 0 radical (unpaired) electrons. The fourth-order valence-electron chi connectivity index (χ4n) is 3.08. The van der Waals surface area contributed by atoms with Crippen LogP contribution in [0.4, 0.5) is 4.39 Å². The summed E-state index contributed by atoms with van der Waals surface area (Å²) in [6.07, 6.45) is 5.47. The Bertz CT molecular complexity index is 1330. The van der Waals surface area contributed by atoms with Crippen molar-refractivity contribution in [2.45, 2.75) is 6.54 Å². The lowest BCUT2D eigenvalue weighted by molar-refractivity contribution is 0.0995. The number of rotatable bonds is 3. The van der Waals surface area contributed by atoms with Gasteiger partial charge in [-0.2, -0.15) is 4.99 Å². The molecule has 0 aliphatic carbocycles. The lowest BCUT2D eigenvalue weighted by Gasteiger charge is -2.07. The molecule has 6 heteroatoms. The number of benzene rings is 3. The molecular formula is C22H15FN2O2S. The maximum atomic E-state index is 13.6. The second-order valence-electron chi connectivity index (χ2n) is 6.10. The number of fused-ring (bicyclic) bond motifs is 2. The summed E-state index contributed by atoms with van der Waals surface area (Å²) in [5.74, 6) is 2.21. The van der Waals surface area contributed by atoms with Crippen molar-refractivity contribution in [2.75, 3.05) is 7.11 Å². The minimum atomic E-state index is -0.444. The first-order valence-corrected chi connectivity index (χ1v) is 9.30. The Morgan fingerprint density at radius 3 is 2.68 bits per heavy atom. The van der Waals surface area contributed by atoms with Crippen molar-refractivity contribution in [3.05, 3.63) is 70.8 Å². The van der Waals surface area contributed by atoms with Crippen molar-refractivity contribution in [3.8, 4) is 18.1 Å². The van der Waals surface area contributed by atoms with Gasteiger partial charge in [0.25, 0.3) is 5.91 Å². The van der Waals surface area contributed by atoms with Crippen molar-refractivity contribution >= 4 is 38.2 Å². The molecule has 0 N–H and O–H groups in total. The van der Waals surface area contributed by atoms with Crippen LogP contribution in [0, 0.1) is 18.2 Å². The van der Waals surface area contributed by atoms with E-state index in [-0.39, 0.29) is 12.4 Å². The molecule has 1 aromatic heterocycles. The summed E-state index contributed by atoms with van der Waals surface area (Å²) >= 11 is 1.22. The van der Waals surface area contributed by atoms with Crippen LogP contribution in [-0.4, -0.2) is 17.6 Å². The van der Waals surface area contributed by atoms with Gasteiger partial charge in [-0.1, -0.05) is 41.5 Å². The predicted octanol–water partition coefficient (Wildman–Crippen LogP) is 4.38. The number of amides is 1. The van der Waals surface area contributed by atoms with Gasteiger partial charge >= 0.3 is 0 Å². The molecule has 0 atom stereocenters. The summed E-state index contributed by atoms with van der Waals surface area (Å²) in [5.41, 5.74) is 1.10. The first kappa shape index (κ1) is 18.0. The molecule has 0 fully saturated rings. The minimum Gasteiger partial charge on any atom is -0.496 e. The third-order valence-electron chi connectivity index (χ3n) is 4.39. The van der Waals surface area contributed by atoms with E-state index in [1.54, 1.807) is 16.7 Å². The van der Waals surface area contributed by atoms with Crippen LogP contribution in [0.5, 0.6) is 5.75 Å². The van der Waals surface area contributed by atoms with Crippen molar-refractivity contribution in [1.29, 1.82) is 0 Å². The van der Waals surface area contributed by atoms with Crippen LogP contribution in [0.25, 0.3) is 21.0 Å². The molecule has 138 valence electrons. The molecule has 0 saturated carbocycles. The number of carbonyl (C=O) groups excluding carboxylic acids is 1. The fraction of sp³-hybridized carbons (Fsp3) is 0.0909. The summed E-state index contributed by atoms with van der Waals surface area (Å²) in [5, 5.41) is 1.88. The van der Waals surface area contributed by atoms with E-state index in [2.05, 4.69) is 10.9 Å². The molecule has 28 heavy (non-hydrogen) atoms. The first-order chi connectivity index (χ1) is 13.6. The highest BCUT2D eigenvalue weighted by Crippen LogP contribution is 2.27. The number of methoxy groups -OCH3 is 1. The van der Waals surface area contributed by atoms with Gasteiger partial charge in [0.05, 0.1) is 29.4 Å². The molecule has 0 spiro atoms. The summed E-state index contributed by atoms with van der Waals surface area (Å²) in [4.78, 5) is 17.6. The van der Waals surface area contributed by atoms with Gasteiger partial charge in [0.2, 0.25) is 0 Å². The standard InChI is InChI=1S/C22H15FN2O2S/c1-3-10-25-18-9-8-16(23)13-20(18)28-22(25)24-21(26)17-11-14-6-4-5-7-15(14)12-19(17)27-2/h1,4-9,11-13H,10H2,2H3. The van der Waals surface area contributed by atoms with Crippen LogP contribution in [0.2, 0.25) is 0 Å². The van der Waals surface area contributed by atoms with E-state index in [4.69, 9.17) is 11.2 Å². The number of nitrogens with zero attached hydrogens (tertiary/aromatic N) is 2. The van der Waals surface area contributed by atoms with E-state index in [0.717, 1.165) is 16.3 Å². The zero-order valence-electron chi connectivity index (χ0n) is 15.0. The average Bonchev–Trinajstić information content (AvgIpc) is 3.03. The molecule has 0 aliphatic rings. The maximum absolute atomic E-state index is 13.6. The second kappa shape index (κ2) is 7.29. The monoisotopic (exact) mass is 390 g/mol. The van der Waals surface area contributed by atoms with Crippen LogP contribution < -0.4 is 9.54 Å². The number of thiazole rings is 1. The van der Waals surface area contributed by atoms with E-state index >= 15 is 0 Å². The molecule has 3 aromatic carbocycles. The van der Waals surface area contributed by atoms with Gasteiger partial charge in [-0.3, -0.25) is 4.79 Å². The van der Waals surface area contributed by atoms with Crippen LogP contribution in [0.1, 0.15) is 10.4 Å². The van der Waals surface area contributed by atoms with Crippen molar-refractivity contribution in [2.24, 2.45) is 4.99 Å². The predicted molar refractivity (Wildman–Crippen MR) is 109 cm³/mol. The zero-order chi connectivity index (χ0) is 19.7. The Morgan fingerprint density at radius 2 is 1.96 bits per heavy atom. The highest BCUT2D eigenvalue weighted by Gasteiger charge is 2.15. The second-order valence-corrected chi connectivity index (χ2v) is 7.11. The summed E-state index contributed by atoms with van der Waals surface area (Å²) in [6.45, 7) is 0.229. The van der Waals surface area contributed by atoms with Crippen LogP contribution in [-0.2, 0) is 6.54 Å². The Morgan fingerprint density at radius 1 is 1.21 bits per heavy atom. The van der Waals surface area contributed by atoms with Gasteiger partial charge in [-0.05, 0) is 41.1 Å². The number of hydrogen-bond acceptors (Lipinski definition) is 3. The van der Waals surface area contributed by atoms with Crippen molar-refractivity contribution < 1.29 is 13.9 Å². The van der Waals surface area contributed by atoms with Gasteiger partial charge < -0.3 is 9.30 Å². The quantitative estimate of drug-likeness (QED) is 0.487. The largest absolute Gasteiger partial charge is 0.496 e.